The molecule has 9 heteroatoms. The van der Waals surface area contributed by atoms with Gasteiger partial charge in [0.05, 0.1) is 35.7 Å². The van der Waals surface area contributed by atoms with Gasteiger partial charge in [0, 0.05) is 18.5 Å². The van der Waals surface area contributed by atoms with Crippen LogP contribution in [-0.4, -0.2) is 60.7 Å². The average molecular weight is 359 g/mol. The fourth-order valence-electron chi connectivity index (χ4n) is 2.89. The van der Waals surface area contributed by atoms with Gasteiger partial charge in [-0.3, -0.25) is 0 Å². The molecule has 2 aromatic rings. The number of fused-ring (bicyclic) bond motifs is 1. The number of aromatic nitrogens is 4. The number of aliphatic hydroxyl groups excluding tert-OH is 1. The van der Waals surface area contributed by atoms with Crippen molar-refractivity contribution < 1.29 is 10.3 Å². The Morgan fingerprint density at radius 3 is 2.69 bits per heavy atom. The second kappa shape index (κ2) is 6.64. The van der Waals surface area contributed by atoms with Crippen molar-refractivity contribution in [3.8, 4) is 0 Å². The number of hydrogen-bond acceptors (Lipinski definition) is 8. The highest BCUT2D eigenvalue weighted by atomic mass is 16.4. The van der Waals surface area contributed by atoms with Crippen molar-refractivity contribution in [2.75, 3.05) is 18.0 Å². The molecule has 0 aromatic carbocycles. The largest absolute Gasteiger partial charge is 0.411 e. The van der Waals surface area contributed by atoms with Gasteiger partial charge >= 0.3 is 0 Å². The molecule has 1 aliphatic heterocycles. The monoisotopic (exact) mass is 359 g/mol. The number of hydrogen-bond donors (Lipinski definition) is 3. The lowest BCUT2D eigenvalue weighted by molar-refractivity contribution is 0.198. The maximum atomic E-state index is 9.90. The van der Waals surface area contributed by atoms with Crippen LogP contribution in [0.15, 0.2) is 11.4 Å². The second-order valence-corrected chi connectivity index (χ2v) is 7.71. The van der Waals surface area contributed by atoms with Crippen molar-refractivity contribution in [2.24, 2.45) is 5.16 Å². The van der Waals surface area contributed by atoms with Crippen LogP contribution >= 0.6 is 0 Å². The van der Waals surface area contributed by atoms with Crippen LogP contribution in [0.4, 0.5) is 5.82 Å². The molecule has 1 fully saturated rings. The molecule has 0 bridgehead atoms. The SMILES string of the molecule is C/C(=N/O)C(=N)Cn1ncc2c(N3CC[C@H](O)C3)nc(C(C)(C)C)nc21. The number of nitrogens with one attached hydrogen (secondary N) is 1. The van der Waals surface area contributed by atoms with E-state index >= 15 is 0 Å². The van der Waals surface area contributed by atoms with Crippen LogP contribution in [0.5, 0.6) is 0 Å². The van der Waals surface area contributed by atoms with Gasteiger partial charge in [0.15, 0.2) is 5.65 Å². The minimum Gasteiger partial charge on any atom is -0.411 e. The second-order valence-electron chi connectivity index (χ2n) is 7.71. The van der Waals surface area contributed by atoms with E-state index in [1.54, 1.807) is 17.8 Å². The Bertz CT molecular complexity index is 866. The molecule has 1 atom stereocenters. The molecule has 3 N–H and O–H groups in total. The van der Waals surface area contributed by atoms with E-state index in [4.69, 9.17) is 20.6 Å². The van der Waals surface area contributed by atoms with E-state index in [-0.39, 0.29) is 29.5 Å². The quantitative estimate of drug-likeness (QED) is 0.432. The number of nitrogens with zero attached hydrogens (tertiary/aromatic N) is 6. The van der Waals surface area contributed by atoms with Gasteiger partial charge in [-0.15, -0.1) is 0 Å². The van der Waals surface area contributed by atoms with Crippen LogP contribution in [0, 0.1) is 5.41 Å². The van der Waals surface area contributed by atoms with Crippen molar-refractivity contribution >= 4 is 28.3 Å². The minimum absolute atomic E-state index is 0.155. The van der Waals surface area contributed by atoms with Crippen molar-refractivity contribution in [1.82, 2.24) is 19.7 Å². The number of rotatable bonds is 4. The Morgan fingerprint density at radius 1 is 1.38 bits per heavy atom. The Morgan fingerprint density at radius 2 is 2.12 bits per heavy atom. The zero-order chi connectivity index (χ0) is 19.1. The molecule has 1 aliphatic rings. The van der Waals surface area contributed by atoms with Gasteiger partial charge in [-0.25, -0.2) is 14.6 Å². The lowest BCUT2D eigenvalue weighted by atomic mass is 9.95. The molecule has 0 radical (unpaired) electrons. The van der Waals surface area contributed by atoms with Gasteiger partial charge in [-0.1, -0.05) is 25.9 Å². The Labute approximate surface area is 151 Å². The first-order valence-corrected chi connectivity index (χ1v) is 8.64. The first kappa shape index (κ1) is 18.2. The maximum Gasteiger partial charge on any atom is 0.164 e. The van der Waals surface area contributed by atoms with Crippen molar-refractivity contribution in [2.45, 2.75) is 52.2 Å². The molecule has 0 spiro atoms. The van der Waals surface area contributed by atoms with Gasteiger partial charge < -0.3 is 20.6 Å². The highest BCUT2D eigenvalue weighted by Crippen LogP contribution is 2.30. The third-order valence-electron chi connectivity index (χ3n) is 4.50. The number of β-amino-alcohol motifs (C(OH)–C–C–N with tert-alkyl or cyclic N) is 1. The number of oxime groups is 1. The summed E-state index contributed by atoms with van der Waals surface area (Å²) in [5, 5.41) is 35.0. The summed E-state index contributed by atoms with van der Waals surface area (Å²) in [4.78, 5) is 11.5. The third kappa shape index (κ3) is 3.39. The van der Waals surface area contributed by atoms with E-state index in [0.717, 1.165) is 17.7 Å². The fourth-order valence-corrected chi connectivity index (χ4v) is 2.89. The minimum atomic E-state index is -0.357. The molecular formula is C17H25N7O2. The van der Waals surface area contributed by atoms with E-state index in [2.05, 4.69) is 15.2 Å². The van der Waals surface area contributed by atoms with Gasteiger partial charge in [-0.05, 0) is 13.3 Å². The molecule has 0 saturated carbocycles. The molecule has 2 aromatic heterocycles. The first-order chi connectivity index (χ1) is 12.2. The summed E-state index contributed by atoms with van der Waals surface area (Å²) in [5.41, 5.74) is 0.775. The molecule has 140 valence electrons. The Hall–Kier alpha value is -2.55. The van der Waals surface area contributed by atoms with Gasteiger partial charge in [0.25, 0.3) is 0 Å². The zero-order valence-corrected chi connectivity index (χ0v) is 15.6. The van der Waals surface area contributed by atoms with Crippen LogP contribution in [0.25, 0.3) is 11.0 Å². The van der Waals surface area contributed by atoms with Crippen LogP contribution in [0.2, 0.25) is 0 Å². The Kier molecular flexibility index (Phi) is 4.66. The summed E-state index contributed by atoms with van der Waals surface area (Å²) in [6.45, 7) is 9.12. The molecular weight excluding hydrogens is 334 g/mol. The number of anilines is 1. The molecule has 9 nitrogen and oxygen atoms in total. The Balaban J connectivity index is 2.11. The van der Waals surface area contributed by atoms with Crippen molar-refractivity contribution in [1.29, 1.82) is 5.41 Å². The van der Waals surface area contributed by atoms with Crippen molar-refractivity contribution in [3.05, 3.63) is 12.0 Å². The normalized spacial score (nSPS) is 18.7. The molecule has 1 saturated heterocycles. The van der Waals surface area contributed by atoms with E-state index < -0.39 is 0 Å². The van der Waals surface area contributed by atoms with E-state index in [1.165, 1.54) is 0 Å². The van der Waals surface area contributed by atoms with Gasteiger partial charge in [0.2, 0.25) is 0 Å². The van der Waals surface area contributed by atoms with E-state index in [1.807, 2.05) is 20.8 Å². The highest BCUT2D eigenvalue weighted by molar-refractivity contribution is 6.40. The van der Waals surface area contributed by atoms with Gasteiger partial charge in [-0.2, -0.15) is 5.10 Å². The lowest BCUT2D eigenvalue weighted by Crippen LogP contribution is -2.25. The smallest absolute Gasteiger partial charge is 0.164 e. The molecule has 0 aliphatic carbocycles. The predicted octanol–water partition coefficient (Wildman–Crippen LogP) is 1.56. The molecule has 3 rings (SSSR count). The topological polar surface area (TPSA) is 124 Å². The average Bonchev–Trinajstić information content (AvgIpc) is 3.19. The lowest BCUT2D eigenvalue weighted by Gasteiger charge is -2.22. The van der Waals surface area contributed by atoms with Crippen LogP contribution in [0.1, 0.15) is 39.9 Å². The van der Waals surface area contributed by atoms with Crippen molar-refractivity contribution in [3.63, 3.8) is 0 Å². The van der Waals surface area contributed by atoms with Crippen LogP contribution in [0.3, 0.4) is 0 Å². The summed E-state index contributed by atoms with van der Waals surface area (Å²) in [6, 6.07) is 0. The summed E-state index contributed by atoms with van der Waals surface area (Å²) in [5.74, 6) is 1.45. The number of aliphatic hydroxyl groups is 1. The maximum absolute atomic E-state index is 9.90. The zero-order valence-electron chi connectivity index (χ0n) is 15.6. The third-order valence-corrected chi connectivity index (χ3v) is 4.50. The molecule has 0 unspecified atom stereocenters. The summed E-state index contributed by atoms with van der Waals surface area (Å²) < 4.78 is 1.62. The predicted molar refractivity (Wildman–Crippen MR) is 99.5 cm³/mol. The van der Waals surface area contributed by atoms with E-state index in [0.29, 0.717) is 24.4 Å². The van der Waals surface area contributed by atoms with Gasteiger partial charge in [0.1, 0.15) is 11.6 Å². The molecule has 3 heterocycles. The summed E-state index contributed by atoms with van der Waals surface area (Å²) >= 11 is 0. The molecule has 0 amide bonds. The molecule has 26 heavy (non-hydrogen) atoms. The summed E-state index contributed by atoms with van der Waals surface area (Å²) in [6.07, 6.45) is 2.05. The van der Waals surface area contributed by atoms with E-state index in [9.17, 15) is 5.11 Å². The van der Waals surface area contributed by atoms with Crippen LogP contribution < -0.4 is 4.90 Å². The van der Waals surface area contributed by atoms with Crippen LogP contribution in [-0.2, 0) is 12.0 Å². The first-order valence-electron chi connectivity index (χ1n) is 8.64. The fraction of sp³-hybridized carbons (Fsp3) is 0.588. The summed E-state index contributed by atoms with van der Waals surface area (Å²) in [7, 11) is 0. The standard InChI is InChI=1S/C17H25N7O2/c1-10(22-26)13(18)9-24-15-12(7-19-24)14(23-6-5-11(25)8-23)20-16(21-15)17(2,3)4/h7,11,18,25-26H,5-6,8-9H2,1-4H3/b18-13?,22-10-/t11-/m0/s1. The highest BCUT2D eigenvalue weighted by Gasteiger charge is 2.28.